The first-order valence-corrected chi connectivity index (χ1v) is 9.57. The van der Waals surface area contributed by atoms with Gasteiger partial charge in [-0.15, -0.1) is 0 Å². The number of esters is 1. The van der Waals surface area contributed by atoms with E-state index in [9.17, 15) is 13.2 Å². The Balaban J connectivity index is 1.73. The van der Waals surface area contributed by atoms with Gasteiger partial charge in [-0.3, -0.25) is 0 Å². The van der Waals surface area contributed by atoms with Crippen molar-refractivity contribution in [1.82, 2.24) is 14.3 Å². The lowest BCUT2D eigenvalue weighted by Crippen LogP contribution is -2.44. The summed E-state index contributed by atoms with van der Waals surface area (Å²) >= 11 is 0. The molecular formula is C17H19N3O5S. The predicted octanol–water partition coefficient (Wildman–Crippen LogP) is 1.50. The van der Waals surface area contributed by atoms with Gasteiger partial charge < -0.3 is 9.47 Å². The van der Waals surface area contributed by atoms with E-state index in [0.717, 1.165) is 6.42 Å². The van der Waals surface area contributed by atoms with E-state index in [4.69, 9.17) is 4.74 Å². The summed E-state index contributed by atoms with van der Waals surface area (Å²) < 4.78 is 37.4. The van der Waals surface area contributed by atoms with E-state index < -0.39 is 16.0 Å². The van der Waals surface area contributed by atoms with E-state index >= 15 is 0 Å². The average Bonchev–Trinajstić information content (AvgIpc) is 2.68. The van der Waals surface area contributed by atoms with Gasteiger partial charge in [-0.2, -0.15) is 4.31 Å². The average molecular weight is 377 g/mol. The Morgan fingerprint density at radius 1 is 1.19 bits per heavy atom. The molecule has 0 bridgehead atoms. The van der Waals surface area contributed by atoms with Crippen molar-refractivity contribution >= 4 is 16.0 Å². The molecule has 0 radical (unpaired) electrons. The lowest BCUT2D eigenvalue weighted by molar-refractivity contribution is 0.0600. The molecule has 1 fully saturated rings. The molecule has 1 aromatic carbocycles. The highest BCUT2D eigenvalue weighted by molar-refractivity contribution is 7.89. The highest BCUT2D eigenvalue weighted by Gasteiger charge is 2.31. The molecule has 0 saturated carbocycles. The van der Waals surface area contributed by atoms with Crippen LogP contribution in [0.3, 0.4) is 0 Å². The molecule has 9 heteroatoms. The van der Waals surface area contributed by atoms with Crippen LogP contribution in [0.1, 0.15) is 23.2 Å². The van der Waals surface area contributed by atoms with Crippen LogP contribution in [-0.2, 0) is 14.8 Å². The maximum Gasteiger partial charge on any atom is 0.337 e. The Hall–Kier alpha value is -2.52. The Labute approximate surface area is 151 Å². The summed E-state index contributed by atoms with van der Waals surface area (Å²) in [5.41, 5.74) is 0.299. The van der Waals surface area contributed by atoms with Gasteiger partial charge in [-0.1, -0.05) is 0 Å². The first-order valence-electron chi connectivity index (χ1n) is 8.13. The Kier molecular flexibility index (Phi) is 5.48. The smallest absolute Gasteiger partial charge is 0.337 e. The van der Waals surface area contributed by atoms with Crippen molar-refractivity contribution in [2.24, 2.45) is 0 Å². The number of nitrogens with zero attached hydrogens (tertiary/aromatic N) is 3. The number of hydrogen-bond donors (Lipinski definition) is 0. The molecule has 8 nitrogen and oxygen atoms in total. The molecule has 1 atom stereocenters. The predicted molar refractivity (Wildman–Crippen MR) is 92.2 cm³/mol. The number of methoxy groups -OCH3 is 1. The molecule has 2 heterocycles. The summed E-state index contributed by atoms with van der Waals surface area (Å²) in [6, 6.07) is 7.61. The zero-order valence-corrected chi connectivity index (χ0v) is 15.1. The quantitative estimate of drug-likeness (QED) is 0.728. The maximum absolute atomic E-state index is 12.9. The van der Waals surface area contributed by atoms with Gasteiger partial charge in [-0.25, -0.2) is 23.2 Å². The number of piperidine rings is 1. The molecule has 2 aromatic rings. The third-order valence-electron chi connectivity index (χ3n) is 4.07. The van der Waals surface area contributed by atoms with E-state index in [1.807, 2.05) is 0 Å². The molecule has 0 aliphatic carbocycles. The summed E-state index contributed by atoms with van der Waals surface area (Å²) in [6.45, 7) is 0.635. The fraction of sp³-hybridized carbons (Fsp3) is 0.353. The fourth-order valence-electron chi connectivity index (χ4n) is 2.74. The molecule has 1 aromatic heterocycles. The maximum atomic E-state index is 12.9. The largest absolute Gasteiger partial charge is 0.465 e. The molecule has 3 rings (SSSR count). The summed E-state index contributed by atoms with van der Waals surface area (Å²) in [4.78, 5) is 19.6. The summed E-state index contributed by atoms with van der Waals surface area (Å²) in [7, 11) is -2.40. The standard InChI is InChI=1S/C17H19N3O5S/c1-24-16(21)13-5-7-15(8-6-13)26(22,23)20-11-2-4-14(12-20)25-17-18-9-3-10-19-17/h3,5-10,14H,2,4,11-12H2,1H3. The minimum absolute atomic E-state index is 0.127. The van der Waals surface area contributed by atoms with Crippen LogP contribution in [0.15, 0.2) is 47.6 Å². The second kappa shape index (κ2) is 7.79. The first-order chi connectivity index (χ1) is 12.5. The van der Waals surface area contributed by atoms with Crippen LogP contribution in [0.2, 0.25) is 0 Å². The van der Waals surface area contributed by atoms with E-state index in [1.54, 1.807) is 18.5 Å². The third kappa shape index (κ3) is 4.00. The Morgan fingerprint density at radius 2 is 1.88 bits per heavy atom. The molecule has 138 valence electrons. The second-order valence-corrected chi connectivity index (χ2v) is 7.73. The first kappa shape index (κ1) is 18.3. The van der Waals surface area contributed by atoms with Crippen molar-refractivity contribution in [2.75, 3.05) is 20.2 Å². The summed E-state index contributed by atoms with van der Waals surface area (Å²) in [5.74, 6) is -0.511. The monoisotopic (exact) mass is 377 g/mol. The van der Waals surface area contributed by atoms with Gasteiger partial charge in [0.05, 0.1) is 24.1 Å². The van der Waals surface area contributed by atoms with Gasteiger partial charge in [0, 0.05) is 18.9 Å². The van der Waals surface area contributed by atoms with Crippen LogP contribution in [0.5, 0.6) is 6.01 Å². The van der Waals surface area contributed by atoms with Crippen molar-refractivity contribution in [1.29, 1.82) is 0 Å². The number of carbonyl (C=O) groups is 1. The van der Waals surface area contributed by atoms with Gasteiger partial charge in [-0.05, 0) is 43.2 Å². The third-order valence-corrected chi connectivity index (χ3v) is 5.95. The number of rotatable bonds is 5. The minimum Gasteiger partial charge on any atom is -0.465 e. The topological polar surface area (TPSA) is 98.7 Å². The summed E-state index contributed by atoms with van der Waals surface area (Å²) in [5, 5.41) is 0. The highest BCUT2D eigenvalue weighted by atomic mass is 32.2. The SMILES string of the molecule is COC(=O)c1ccc(S(=O)(=O)N2CCCC(Oc3ncccn3)C2)cc1. The van der Waals surface area contributed by atoms with Crippen molar-refractivity contribution in [2.45, 2.75) is 23.8 Å². The van der Waals surface area contributed by atoms with Crippen LogP contribution >= 0.6 is 0 Å². The molecular weight excluding hydrogens is 358 g/mol. The highest BCUT2D eigenvalue weighted by Crippen LogP contribution is 2.23. The molecule has 1 aliphatic rings. The van der Waals surface area contributed by atoms with Gasteiger partial charge in [0.15, 0.2) is 0 Å². The molecule has 0 amide bonds. The van der Waals surface area contributed by atoms with Crippen molar-refractivity contribution < 1.29 is 22.7 Å². The number of hydrogen-bond acceptors (Lipinski definition) is 7. The van der Waals surface area contributed by atoms with Gasteiger partial charge >= 0.3 is 12.0 Å². The van der Waals surface area contributed by atoms with E-state index in [2.05, 4.69) is 14.7 Å². The second-order valence-electron chi connectivity index (χ2n) is 5.79. The lowest BCUT2D eigenvalue weighted by Gasteiger charge is -2.31. The number of ether oxygens (including phenoxy) is 2. The number of benzene rings is 1. The zero-order chi connectivity index (χ0) is 18.6. The van der Waals surface area contributed by atoms with Crippen molar-refractivity contribution in [3.63, 3.8) is 0 Å². The van der Waals surface area contributed by atoms with Crippen LogP contribution in [0, 0.1) is 0 Å². The summed E-state index contributed by atoms with van der Waals surface area (Å²) in [6.07, 6.45) is 4.24. The molecule has 0 N–H and O–H groups in total. The molecule has 1 saturated heterocycles. The van der Waals surface area contributed by atoms with Crippen LogP contribution in [0.4, 0.5) is 0 Å². The molecule has 26 heavy (non-hydrogen) atoms. The minimum atomic E-state index is -3.68. The van der Waals surface area contributed by atoms with E-state index in [0.29, 0.717) is 18.5 Å². The fourth-order valence-corrected chi connectivity index (χ4v) is 4.25. The number of sulfonamides is 1. The number of aromatic nitrogens is 2. The molecule has 0 spiro atoms. The van der Waals surface area contributed by atoms with Crippen LogP contribution < -0.4 is 4.74 Å². The Morgan fingerprint density at radius 3 is 2.54 bits per heavy atom. The van der Waals surface area contributed by atoms with Gasteiger partial charge in [0.2, 0.25) is 10.0 Å². The normalized spacial score (nSPS) is 18.3. The molecule has 1 unspecified atom stereocenters. The van der Waals surface area contributed by atoms with Crippen molar-refractivity contribution in [3.05, 3.63) is 48.3 Å². The van der Waals surface area contributed by atoms with E-state index in [1.165, 1.54) is 35.7 Å². The zero-order valence-electron chi connectivity index (χ0n) is 14.2. The van der Waals surface area contributed by atoms with E-state index in [-0.39, 0.29) is 23.6 Å². The van der Waals surface area contributed by atoms with Crippen LogP contribution in [-0.4, -0.2) is 55.0 Å². The lowest BCUT2D eigenvalue weighted by atomic mass is 10.1. The van der Waals surface area contributed by atoms with Crippen molar-refractivity contribution in [3.8, 4) is 6.01 Å². The molecule has 1 aliphatic heterocycles. The number of carbonyl (C=O) groups excluding carboxylic acids is 1. The Bertz CT molecular complexity index is 856. The van der Waals surface area contributed by atoms with Crippen LogP contribution in [0.25, 0.3) is 0 Å². The van der Waals surface area contributed by atoms with Gasteiger partial charge in [0.25, 0.3) is 0 Å². The van der Waals surface area contributed by atoms with Gasteiger partial charge in [0.1, 0.15) is 6.10 Å².